The first kappa shape index (κ1) is 44.6. The van der Waals surface area contributed by atoms with Gasteiger partial charge in [0, 0.05) is 31.1 Å². The minimum absolute atomic E-state index is 0.0194. The van der Waals surface area contributed by atoms with Crippen molar-refractivity contribution < 1.29 is 57.1 Å². The number of rotatable bonds is 9. The highest BCUT2D eigenvalue weighted by atomic mass is 16.6. The van der Waals surface area contributed by atoms with Crippen molar-refractivity contribution in [2.75, 3.05) is 33.0 Å². The molecule has 12 unspecified atom stereocenters. The molecule has 55 heavy (non-hydrogen) atoms. The van der Waals surface area contributed by atoms with Crippen molar-refractivity contribution in [3.63, 3.8) is 0 Å². The molecule has 9 heterocycles. The van der Waals surface area contributed by atoms with Gasteiger partial charge in [0.15, 0.2) is 0 Å². The number of nitrogens with one attached hydrogen (secondary N) is 1. The van der Waals surface area contributed by atoms with Gasteiger partial charge in [-0.15, -0.1) is 0 Å². The van der Waals surface area contributed by atoms with Crippen LogP contribution in [-0.4, -0.2) is 105 Å². The van der Waals surface area contributed by atoms with E-state index in [1.165, 1.54) is 32.1 Å². The quantitative estimate of drug-likeness (QED) is 0.0790. The van der Waals surface area contributed by atoms with Gasteiger partial charge in [0.05, 0.1) is 93.0 Å². The third-order valence-electron chi connectivity index (χ3n) is 11.0. The second-order valence-electron chi connectivity index (χ2n) is 14.7. The number of carbonyl (C=O) groups is 3. The van der Waals surface area contributed by atoms with Gasteiger partial charge in [0.1, 0.15) is 0 Å². The maximum Gasteiger partial charge on any atom is 0.330 e. The van der Waals surface area contributed by atoms with Crippen molar-refractivity contribution in [2.45, 2.75) is 134 Å². The number of esters is 3. The Morgan fingerprint density at radius 2 is 1.27 bits per heavy atom. The Balaban J connectivity index is 0.000000150. The second-order valence-corrected chi connectivity index (χ2v) is 14.7. The van der Waals surface area contributed by atoms with Crippen molar-refractivity contribution in [1.29, 1.82) is 0 Å². The van der Waals surface area contributed by atoms with E-state index in [4.69, 9.17) is 39.4 Å². The predicted molar refractivity (Wildman–Crippen MR) is 202 cm³/mol. The molecule has 7 saturated heterocycles. The number of nitrogens with two attached hydrogens (primary N) is 1. The fourth-order valence-corrected chi connectivity index (χ4v) is 8.36. The van der Waals surface area contributed by atoms with Gasteiger partial charge in [0.2, 0.25) is 0 Å². The van der Waals surface area contributed by atoms with Crippen LogP contribution in [0, 0.1) is 23.7 Å². The second kappa shape index (κ2) is 23.8. The van der Waals surface area contributed by atoms with E-state index in [0.717, 1.165) is 44.7 Å². The molecule has 12 atom stereocenters. The van der Waals surface area contributed by atoms with Gasteiger partial charge in [-0.1, -0.05) is 18.7 Å². The summed E-state index contributed by atoms with van der Waals surface area (Å²) in [7, 11) is 0. The normalized spacial score (nSPS) is 34.3. The number of hydrogen-bond donors (Lipinski definition) is 3. The number of hydrazine groups is 1. The molecule has 0 radical (unpaired) electrons. The van der Waals surface area contributed by atoms with E-state index in [-0.39, 0.29) is 48.1 Å². The molecule has 7 fully saturated rings. The van der Waals surface area contributed by atoms with Crippen LogP contribution < -0.4 is 11.3 Å². The van der Waals surface area contributed by atoms with E-state index < -0.39 is 0 Å². The van der Waals surface area contributed by atoms with Crippen LogP contribution >= 0.6 is 0 Å². The van der Waals surface area contributed by atoms with Crippen LogP contribution in [0.3, 0.4) is 0 Å². The van der Waals surface area contributed by atoms with Gasteiger partial charge in [0.25, 0.3) is 0 Å². The number of ether oxygens (including phenoxy) is 7. The molecule has 8 bridgehead atoms. The van der Waals surface area contributed by atoms with Crippen molar-refractivity contribution >= 4 is 17.9 Å². The molecular weight excluding hydrogens is 712 g/mol. The number of aliphatic hydroxyl groups excluding tert-OH is 1. The molecule has 0 amide bonds. The first-order valence-electron chi connectivity index (χ1n) is 20.2. The number of carbonyl (C=O) groups excluding carboxylic acids is 3. The number of aliphatic hydroxyl groups is 1. The molecule has 9 rings (SSSR count). The Kier molecular flexibility index (Phi) is 19.3. The first-order chi connectivity index (χ1) is 26.7. The summed E-state index contributed by atoms with van der Waals surface area (Å²) in [6, 6.07) is 3.67. The van der Waals surface area contributed by atoms with Gasteiger partial charge in [-0.25, -0.2) is 4.79 Å². The van der Waals surface area contributed by atoms with Gasteiger partial charge in [-0.05, 0) is 97.1 Å². The summed E-state index contributed by atoms with van der Waals surface area (Å²) in [5.41, 5.74) is 2.71. The standard InChI is InChI=1S/C9H14O3.C9H12O3.C7H14N2O.C7H12O2.C5H8O2.C4H4O/c2*1-2-11-9(10)7-5-6-3-4-8(7)12-6;8-9-4-5-3-6-1-2-7(5)10-6;8-4-5-3-6-1-2-7(5)9-6;1-3-5(6)7-4-2;1-2-4-5-3-1/h6-8H,2-5H2,1H3;3-4,6-8H,2,5H2,1H3;5-7,9H,1-4,8H2;5-8H,1-4H2;3H,1,4H2,2H3;1-4H. The maximum atomic E-state index is 11.3. The molecule has 310 valence electrons. The van der Waals surface area contributed by atoms with E-state index in [1.54, 1.807) is 19.5 Å². The van der Waals surface area contributed by atoms with E-state index in [0.29, 0.717) is 68.8 Å². The summed E-state index contributed by atoms with van der Waals surface area (Å²) in [5, 5.41) is 8.81. The van der Waals surface area contributed by atoms with Crippen LogP contribution in [0.1, 0.15) is 85.0 Å². The summed E-state index contributed by atoms with van der Waals surface area (Å²) < 4.78 is 41.1. The van der Waals surface area contributed by atoms with Crippen LogP contribution in [0.4, 0.5) is 0 Å². The Bertz CT molecular complexity index is 1290. The van der Waals surface area contributed by atoms with E-state index in [2.05, 4.69) is 21.2 Å². The average molecular weight is 777 g/mol. The van der Waals surface area contributed by atoms with Crippen molar-refractivity contribution in [3.05, 3.63) is 49.5 Å². The minimum Gasteiger partial charge on any atom is -0.473 e. The molecule has 8 aliphatic heterocycles. The van der Waals surface area contributed by atoms with Crippen LogP contribution in [-0.2, 0) is 47.5 Å². The largest absolute Gasteiger partial charge is 0.473 e. The lowest BCUT2D eigenvalue weighted by Crippen LogP contribution is -2.33. The number of fused-ring (bicyclic) bond motifs is 8. The topological polar surface area (TPSA) is 187 Å². The third-order valence-corrected chi connectivity index (χ3v) is 11.0. The molecule has 0 saturated carbocycles. The fourth-order valence-electron chi connectivity index (χ4n) is 8.36. The SMILES string of the molecule is C=CC(=O)OCC.CCOC(=O)C1CC2C=CC1O2.CCOC(=O)C1CC2CCC1O2.NNCC1CC2CCC1O2.OCC1CC2CCC1O2.c1ccoc1. The van der Waals surface area contributed by atoms with Gasteiger partial charge in [-0.2, -0.15) is 0 Å². The summed E-state index contributed by atoms with van der Waals surface area (Å²) in [6.07, 6.45) is 22.0. The molecule has 8 aliphatic rings. The lowest BCUT2D eigenvalue weighted by atomic mass is 9.89. The van der Waals surface area contributed by atoms with Crippen LogP contribution in [0.15, 0.2) is 53.9 Å². The predicted octanol–water partition coefficient (Wildman–Crippen LogP) is 4.59. The Morgan fingerprint density at radius 3 is 1.60 bits per heavy atom. The molecule has 1 aromatic heterocycles. The van der Waals surface area contributed by atoms with Crippen LogP contribution in [0.2, 0.25) is 0 Å². The van der Waals surface area contributed by atoms with E-state index >= 15 is 0 Å². The smallest absolute Gasteiger partial charge is 0.330 e. The minimum atomic E-state index is -0.359. The zero-order valence-electron chi connectivity index (χ0n) is 32.8. The average Bonchev–Trinajstić information content (AvgIpc) is 4.05. The van der Waals surface area contributed by atoms with Gasteiger partial charge in [-0.3, -0.25) is 20.9 Å². The monoisotopic (exact) mass is 776 g/mol. The Morgan fingerprint density at radius 1 is 0.727 bits per heavy atom. The zero-order valence-corrected chi connectivity index (χ0v) is 32.8. The van der Waals surface area contributed by atoms with Crippen molar-refractivity contribution in [2.24, 2.45) is 29.5 Å². The third kappa shape index (κ3) is 13.8. The molecule has 4 N–H and O–H groups in total. The fraction of sp³-hybridized carbons (Fsp3) is 0.732. The molecule has 0 spiro atoms. The van der Waals surface area contributed by atoms with Crippen molar-refractivity contribution in [3.8, 4) is 0 Å². The zero-order chi connectivity index (χ0) is 39.6. The van der Waals surface area contributed by atoms with Gasteiger partial charge < -0.3 is 42.7 Å². The molecule has 14 heteroatoms. The number of hydrogen-bond acceptors (Lipinski definition) is 14. The van der Waals surface area contributed by atoms with Gasteiger partial charge >= 0.3 is 17.9 Å². The summed E-state index contributed by atoms with van der Waals surface area (Å²) >= 11 is 0. The number of furan rings is 1. The Hall–Kier alpha value is -3.11. The van der Waals surface area contributed by atoms with Crippen molar-refractivity contribution in [1.82, 2.24) is 5.43 Å². The first-order valence-corrected chi connectivity index (χ1v) is 20.2. The summed E-state index contributed by atoms with van der Waals surface area (Å²) in [6.45, 7) is 11.2. The molecule has 14 nitrogen and oxygen atoms in total. The highest BCUT2D eigenvalue weighted by molar-refractivity contribution is 5.81. The van der Waals surface area contributed by atoms with E-state index in [9.17, 15) is 14.4 Å². The van der Waals surface area contributed by atoms with E-state index in [1.807, 2.05) is 38.1 Å². The molecule has 0 aromatic carbocycles. The van der Waals surface area contributed by atoms with Crippen LogP contribution in [0.25, 0.3) is 0 Å². The highest BCUT2D eigenvalue weighted by Gasteiger charge is 2.45. The summed E-state index contributed by atoms with van der Waals surface area (Å²) in [5.74, 6) is 5.82. The lowest BCUT2D eigenvalue weighted by Gasteiger charge is -2.16. The molecule has 0 aliphatic carbocycles. The maximum absolute atomic E-state index is 11.3. The Labute approximate surface area is 325 Å². The molecular formula is C41H64N2O12. The molecule has 1 aromatic rings. The summed E-state index contributed by atoms with van der Waals surface area (Å²) in [4.78, 5) is 32.7. The van der Waals surface area contributed by atoms with Crippen LogP contribution in [0.5, 0.6) is 0 Å². The highest BCUT2D eigenvalue weighted by Crippen LogP contribution is 2.40. The lowest BCUT2D eigenvalue weighted by molar-refractivity contribution is -0.150.